The number of alkyl carbamates (subject to hydrolysis) is 1. The molecule has 1 N–H and O–H groups in total. The van der Waals surface area contributed by atoms with E-state index in [0.717, 1.165) is 50.6 Å². The van der Waals surface area contributed by atoms with Gasteiger partial charge in [-0.3, -0.25) is 4.90 Å². The number of nitrogens with zero attached hydrogens (tertiary/aromatic N) is 1. The fraction of sp³-hybridized carbons (Fsp3) is 0.632. The zero-order valence-electron chi connectivity index (χ0n) is 15.5. The molecular formula is C19H30N2O4. The highest BCUT2D eigenvalue weighted by molar-refractivity contribution is 5.67. The van der Waals surface area contributed by atoms with E-state index in [1.165, 1.54) is 0 Å². The molecule has 0 saturated carbocycles. The first-order valence-electron chi connectivity index (χ1n) is 8.91. The Morgan fingerprint density at radius 1 is 1.20 bits per heavy atom. The number of benzene rings is 1. The Labute approximate surface area is 150 Å². The third kappa shape index (κ3) is 8.23. The molecule has 1 saturated heterocycles. The Morgan fingerprint density at radius 3 is 2.52 bits per heavy atom. The van der Waals surface area contributed by atoms with Crippen molar-refractivity contribution in [1.82, 2.24) is 10.2 Å². The second-order valence-electron chi connectivity index (χ2n) is 7.13. The standard InChI is InChI=1S/C19H30N2O4/c1-19(2,3)25-18(22)20-9-8-16-4-6-17(7-5-16)24-15-12-21-10-13-23-14-11-21/h4-7H,8-15H2,1-3H3,(H,20,22). The van der Waals surface area contributed by atoms with Crippen molar-refractivity contribution in [2.45, 2.75) is 32.8 Å². The van der Waals surface area contributed by atoms with Gasteiger partial charge >= 0.3 is 6.09 Å². The molecule has 1 aliphatic rings. The average molecular weight is 350 g/mol. The number of amides is 1. The summed E-state index contributed by atoms with van der Waals surface area (Å²) in [7, 11) is 0. The smallest absolute Gasteiger partial charge is 0.407 e. The van der Waals surface area contributed by atoms with Crippen molar-refractivity contribution in [3.8, 4) is 5.75 Å². The molecule has 0 unspecified atom stereocenters. The molecule has 6 nitrogen and oxygen atoms in total. The fourth-order valence-corrected chi connectivity index (χ4v) is 2.49. The molecule has 0 radical (unpaired) electrons. The lowest BCUT2D eigenvalue weighted by Crippen LogP contribution is -2.38. The molecule has 0 aliphatic carbocycles. The number of carbonyl (C=O) groups is 1. The normalized spacial score (nSPS) is 15.6. The summed E-state index contributed by atoms with van der Waals surface area (Å²) in [5.74, 6) is 0.872. The first-order valence-corrected chi connectivity index (χ1v) is 8.91. The minimum absolute atomic E-state index is 0.379. The maximum atomic E-state index is 11.6. The summed E-state index contributed by atoms with van der Waals surface area (Å²) in [5.41, 5.74) is 0.682. The summed E-state index contributed by atoms with van der Waals surface area (Å²) < 4.78 is 16.3. The Bertz CT molecular complexity index is 519. The Kier molecular flexibility index (Phi) is 7.52. The molecule has 0 aromatic heterocycles. The van der Waals surface area contributed by atoms with Gasteiger partial charge in [-0.25, -0.2) is 4.79 Å². The van der Waals surface area contributed by atoms with Gasteiger partial charge in [0.25, 0.3) is 0 Å². The molecule has 140 valence electrons. The highest BCUT2D eigenvalue weighted by atomic mass is 16.6. The van der Waals surface area contributed by atoms with Gasteiger partial charge in [-0.05, 0) is 44.9 Å². The third-order valence-electron chi connectivity index (χ3n) is 3.79. The van der Waals surface area contributed by atoms with Gasteiger partial charge in [0.05, 0.1) is 13.2 Å². The summed E-state index contributed by atoms with van der Waals surface area (Å²) in [6.07, 6.45) is 0.378. The van der Waals surface area contributed by atoms with Gasteiger partial charge < -0.3 is 19.5 Å². The predicted octanol–water partition coefficient (Wildman–Crippen LogP) is 2.46. The van der Waals surface area contributed by atoms with Crippen molar-refractivity contribution >= 4 is 6.09 Å². The number of rotatable bonds is 7. The molecule has 2 rings (SSSR count). The average Bonchev–Trinajstić information content (AvgIpc) is 2.56. The van der Waals surface area contributed by atoms with Crippen LogP contribution in [0.2, 0.25) is 0 Å². The predicted molar refractivity (Wildman–Crippen MR) is 97.1 cm³/mol. The van der Waals surface area contributed by atoms with Crippen LogP contribution in [0.1, 0.15) is 26.3 Å². The number of hydrogen-bond donors (Lipinski definition) is 1. The Balaban J connectivity index is 1.63. The van der Waals surface area contributed by atoms with Crippen molar-refractivity contribution in [2.24, 2.45) is 0 Å². The quantitative estimate of drug-likeness (QED) is 0.819. The van der Waals surface area contributed by atoms with E-state index in [9.17, 15) is 4.79 Å². The van der Waals surface area contributed by atoms with Crippen LogP contribution in [0.4, 0.5) is 4.79 Å². The summed E-state index contributed by atoms with van der Waals surface area (Å²) in [5, 5.41) is 2.76. The summed E-state index contributed by atoms with van der Waals surface area (Å²) in [4.78, 5) is 13.9. The van der Waals surface area contributed by atoms with E-state index in [1.807, 2.05) is 45.0 Å². The van der Waals surface area contributed by atoms with Gasteiger partial charge in [-0.15, -0.1) is 0 Å². The maximum Gasteiger partial charge on any atom is 0.407 e. The topological polar surface area (TPSA) is 60.0 Å². The summed E-state index contributed by atoms with van der Waals surface area (Å²) in [6.45, 7) is 11.3. The van der Waals surface area contributed by atoms with E-state index in [1.54, 1.807) is 0 Å². The van der Waals surface area contributed by atoms with Crippen LogP contribution in [0.3, 0.4) is 0 Å². The first-order chi connectivity index (χ1) is 11.9. The van der Waals surface area contributed by atoms with E-state index >= 15 is 0 Å². The van der Waals surface area contributed by atoms with Crippen LogP contribution in [-0.4, -0.2) is 62.6 Å². The molecule has 6 heteroatoms. The number of hydrogen-bond acceptors (Lipinski definition) is 5. The van der Waals surface area contributed by atoms with Gasteiger partial charge in [-0.1, -0.05) is 12.1 Å². The molecule has 1 aliphatic heterocycles. The Hall–Kier alpha value is -1.79. The molecule has 25 heavy (non-hydrogen) atoms. The molecule has 1 amide bonds. The van der Waals surface area contributed by atoms with Crippen molar-refractivity contribution in [2.75, 3.05) is 46.0 Å². The van der Waals surface area contributed by atoms with Gasteiger partial charge in [0.1, 0.15) is 18.0 Å². The van der Waals surface area contributed by atoms with E-state index in [2.05, 4.69) is 10.2 Å². The molecule has 0 atom stereocenters. The van der Waals surface area contributed by atoms with Gasteiger partial charge in [0, 0.05) is 26.2 Å². The van der Waals surface area contributed by atoms with Crippen LogP contribution in [-0.2, 0) is 15.9 Å². The van der Waals surface area contributed by atoms with Crippen LogP contribution < -0.4 is 10.1 Å². The Morgan fingerprint density at radius 2 is 1.88 bits per heavy atom. The van der Waals surface area contributed by atoms with Crippen LogP contribution in [0.15, 0.2) is 24.3 Å². The van der Waals surface area contributed by atoms with Crippen molar-refractivity contribution in [3.63, 3.8) is 0 Å². The minimum atomic E-state index is -0.468. The highest BCUT2D eigenvalue weighted by Crippen LogP contribution is 2.13. The van der Waals surface area contributed by atoms with Gasteiger partial charge in [0.15, 0.2) is 0 Å². The molecule has 1 fully saturated rings. The highest BCUT2D eigenvalue weighted by Gasteiger charge is 2.15. The van der Waals surface area contributed by atoms with Crippen LogP contribution in [0.5, 0.6) is 5.75 Å². The van der Waals surface area contributed by atoms with Crippen LogP contribution in [0, 0.1) is 0 Å². The zero-order valence-corrected chi connectivity index (χ0v) is 15.5. The minimum Gasteiger partial charge on any atom is -0.492 e. The molecule has 1 aromatic carbocycles. The second-order valence-corrected chi connectivity index (χ2v) is 7.13. The molecule has 1 heterocycles. The van der Waals surface area contributed by atoms with Crippen molar-refractivity contribution < 1.29 is 19.0 Å². The molecule has 0 spiro atoms. The number of ether oxygens (including phenoxy) is 3. The number of carbonyl (C=O) groups excluding carboxylic acids is 1. The first kappa shape index (κ1) is 19.5. The lowest BCUT2D eigenvalue weighted by Gasteiger charge is -2.26. The maximum absolute atomic E-state index is 11.6. The van der Waals surface area contributed by atoms with E-state index in [0.29, 0.717) is 13.2 Å². The fourth-order valence-electron chi connectivity index (χ4n) is 2.49. The summed E-state index contributed by atoms with van der Waals surface area (Å²) in [6, 6.07) is 8.01. The summed E-state index contributed by atoms with van der Waals surface area (Å²) >= 11 is 0. The number of nitrogens with one attached hydrogen (secondary N) is 1. The zero-order chi connectivity index (χ0) is 18.1. The van der Waals surface area contributed by atoms with E-state index in [4.69, 9.17) is 14.2 Å². The monoisotopic (exact) mass is 350 g/mol. The molecule has 0 bridgehead atoms. The van der Waals surface area contributed by atoms with E-state index < -0.39 is 5.60 Å². The van der Waals surface area contributed by atoms with Crippen molar-refractivity contribution in [1.29, 1.82) is 0 Å². The van der Waals surface area contributed by atoms with Gasteiger partial charge in [-0.2, -0.15) is 0 Å². The molecule has 1 aromatic rings. The van der Waals surface area contributed by atoms with E-state index in [-0.39, 0.29) is 6.09 Å². The number of morpholine rings is 1. The van der Waals surface area contributed by atoms with Crippen LogP contribution in [0.25, 0.3) is 0 Å². The third-order valence-corrected chi connectivity index (χ3v) is 3.79. The lowest BCUT2D eigenvalue weighted by molar-refractivity contribution is 0.0322. The second kappa shape index (κ2) is 9.63. The van der Waals surface area contributed by atoms with Crippen molar-refractivity contribution in [3.05, 3.63) is 29.8 Å². The van der Waals surface area contributed by atoms with Gasteiger partial charge in [0.2, 0.25) is 0 Å². The molecular weight excluding hydrogens is 320 g/mol. The lowest BCUT2D eigenvalue weighted by atomic mass is 10.1. The van der Waals surface area contributed by atoms with Crippen LogP contribution >= 0.6 is 0 Å². The largest absolute Gasteiger partial charge is 0.492 e. The SMILES string of the molecule is CC(C)(C)OC(=O)NCCc1ccc(OCCN2CCOCC2)cc1.